The van der Waals surface area contributed by atoms with Gasteiger partial charge in [0.15, 0.2) is 0 Å². The minimum Gasteiger partial charge on any atom is -0.336 e. The lowest BCUT2D eigenvalue weighted by molar-refractivity contribution is 0.227. The van der Waals surface area contributed by atoms with Gasteiger partial charge in [-0.2, -0.15) is 0 Å². The van der Waals surface area contributed by atoms with Crippen LogP contribution in [-0.4, -0.2) is 35.5 Å². The van der Waals surface area contributed by atoms with Crippen LogP contribution < -0.4 is 10.6 Å². The van der Waals surface area contributed by atoms with E-state index in [1.807, 2.05) is 36.4 Å². The second-order valence-corrected chi connectivity index (χ2v) is 6.92. The van der Waals surface area contributed by atoms with E-state index in [0.717, 1.165) is 24.0 Å². The third-order valence-electron chi connectivity index (χ3n) is 5.07. The number of anilines is 1. The molecule has 138 valence electrons. The zero-order valence-electron chi connectivity index (χ0n) is 15.3. The predicted molar refractivity (Wildman–Crippen MR) is 109 cm³/mol. The van der Waals surface area contributed by atoms with Crippen molar-refractivity contribution >= 4 is 22.6 Å². The number of rotatable bonds is 5. The first kappa shape index (κ1) is 17.5. The zero-order chi connectivity index (χ0) is 18.5. The number of urea groups is 1. The number of aromatic nitrogens is 1. The van der Waals surface area contributed by atoms with E-state index in [2.05, 4.69) is 44.8 Å². The maximum Gasteiger partial charge on any atom is 0.319 e. The number of hydrogen-bond donors (Lipinski definition) is 2. The Kier molecular flexibility index (Phi) is 5.30. The summed E-state index contributed by atoms with van der Waals surface area (Å²) in [5, 5.41) is 6.94. The standard InChI is InChI=1S/C22H24N4O/c27-22(25-19-14-18-10-4-5-11-20(18)23-15-19)24-16-21(26-12-6-7-13-26)17-8-2-1-3-9-17/h1-5,8-11,14-15,21H,6-7,12-13,16H2,(H2,24,25,27)/t21-/m0/s1. The van der Waals surface area contributed by atoms with Gasteiger partial charge in [-0.15, -0.1) is 0 Å². The molecule has 1 fully saturated rings. The molecule has 4 rings (SSSR count). The van der Waals surface area contributed by atoms with Crippen LogP contribution in [0.1, 0.15) is 24.4 Å². The number of para-hydroxylation sites is 1. The molecule has 1 aliphatic rings. The Morgan fingerprint density at radius 2 is 1.78 bits per heavy atom. The number of hydrogen-bond acceptors (Lipinski definition) is 3. The maximum absolute atomic E-state index is 12.4. The van der Waals surface area contributed by atoms with Gasteiger partial charge < -0.3 is 10.6 Å². The van der Waals surface area contributed by atoms with Crippen molar-refractivity contribution in [3.05, 3.63) is 72.4 Å². The van der Waals surface area contributed by atoms with Gasteiger partial charge >= 0.3 is 6.03 Å². The fourth-order valence-corrected chi connectivity index (χ4v) is 3.69. The molecule has 1 aliphatic heterocycles. The first-order valence-electron chi connectivity index (χ1n) is 9.48. The van der Waals surface area contributed by atoms with Gasteiger partial charge in [0.2, 0.25) is 0 Å². The van der Waals surface area contributed by atoms with Crippen LogP contribution in [0.5, 0.6) is 0 Å². The van der Waals surface area contributed by atoms with E-state index in [9.17, 15) is 4.79 Å². The molecule has 27 heavy (non-hydrogen) atoms. The highest BCUT2D eigenvalue weighted by molar-refractivity contribution is 5.91. The Morgan fingerprint density at radius 1 is 1.04 bits per heavy atom. The molecule has 1 aromatic heterocycles. The Balaban J connectivity index is 1.41. The molecule has 0 spiro atoms. The summed E-state index contributed by atoms with van der Waals surface area (Å²) in [4.78, 5) is 19.3. The van der Waals surface area contributed by atoms with Crippen molar-refractivity contribution in [2.75, 3.05) is 25.0 Å². The number of amides is 2. The summed E-state index contributed by atoms with van der Waals surface area (Å²) in [6, 6.07) is 20.2. The van der Waals surface area contributed by atoms with Crippen molar-refractivity contribution in [1.29, 1.82) is 0 Å². The van der Waals surface area contributed by atoms with Crippen molar-refractivity contribution in [3.63, 3.8) is 0 Å². The third-order valence-corrected chi connectivity index (χ3v) is 5.07. The average molecular weight is 360 g/mol. The van der Waals surface area contributed by atoms with Crippen LogP contribution >= 0.6 is 0 Å². The molecule has 2 N–H and O–H groups in total. The molecule has 2 heterocycles. The number of nitrogens with one attached hydrogen (secondary N) is 2. The molecule has 0 bridgehead atoms. The summed E-state index contributed by atoms with van der Waals surface area (Å²) < 4.78 is 0. The topological polar surface area (TPSA) is 57.3 Å². The van der Waals surface area contributed by atoms with E-state index < -0.39 is 0 Å². The van der Waals surface area contributed by atoms with Crippen molar-refractivity contribution in [3.8, 4) is 0 Å². The minimum absolute atomic E-state index is 0.202. The molecule has 0 radical (unpaired) electrons. The molecule has 3 aromatic rings. The molecule has 5 heteroatoms. The molecule has 0 saturated carbocycles. The lowest BCUT2D eigenvalue weighted by Gasteiger charge is -2.28. The fourth-order valence-electron chi connectivity index (χ4n) is 3.69. The van der Waals surface area contributed by atoms with E-state index in [0.29, 0.717) is 12.2 Å². The number of benzene rings is 2. The van der Waals surface area contributed by atoms with Crippen LogP contribution in [0.3, 0.4) is 0 Å². The molecule has 0 unspecified atom stereocenters. The van der Waals surface area contributed by atoms with Gasteiger partial charge in [0, 0.05) is 11.9 Å². The maximum atomic E-state index is 12.4. The quantitative estimate of drug-likeness (QED) is 0.717. The monoisotopic (exact) mass is 360 g/mol. The van der Waals surface area contributed by atoms with Crippen LogP contribution in [0.15, 0.2) is 66.9 Å². The summed E-state index contributed by atoms with van der Waals surface area (Å²) in [7, 11) is 0. The highest BCUT2D eigenvalue weighted by atomic mass is 16.2. The number of fused-ring (bicyclic) bond motifs is 1. The van der Waals surface area contributed by atoms with Crippen LogP contribution in [0, 0.1) is 0 Å². The lowest BCUT2D eigenvalue weighted by Crippen LogP contribution is -2.38. The molecule has 2 aromatic carbocycles. The van der Waals surface area contributed by atoms with Gasteiger partial charge in [-0.3, -0.25) is 9.88 Å². The largest absolute Gasteiger partial charge is 0.336 e. The van der Waals surface area contributed by atoms with Gasteiger partial charge in [-0.1, -0.05) is 48.5 Å². The van der Waals surface area contributed by atoms with E-state index in [1.54, 1.807) is 6.20 Å². The number of nitrogens with zero attached hydrogens (tertiary/aromatic N) is 2. The summed E-state index contributed by atoms with van der Waals surface area (Å²) in [6.07, 6.45) is 4.13. The second-order valence-electron chi connectivity index (χ2n) is 6.92. The fraction of sp³-hybridized carbons (Fsp3) is 0.273. The third kappa shape index (κ3) is 4.26. The van der Waals surface area contributed by atoms with Crippen LogP contribution in [0.25, 0.3) is 10.9 Å². The van der Waals surface area contributed by atoms with E-state index in [4.69, 9.17) is 0 Å². The first-order valence-corrected chi connectivity index (χ1v) is 9.48. The van der Waals surface area contributed by atoms with E-state index in [1.165, 1.54) is 18.4 Å². The van der Waals surface area contributed by atoms with Gasteiger partial charge in [-0.25, -0.2) is 4.79 Å². The van der Waals surface area contributed by atoms with Crippen LogP contribution in [0.4, 0.5) is 10.5 Å². The smallest absolute Gasteiger partial charge is 0.319 e. The van der Waals surface area contributed by atoms with Gasteiger partial charge in [0.25, 0.3) is 0 Å². The SMILES string of the molecule is O=C(NC[C@@H](c1ccccc1)N1CCCC1)Nc1cnc2ccccc2c1. The Labute approximate surface area is 159 Å². The van der Waals surface area contributed by atoms with E-state index in [-0.39, 0.29) is 12.1 Å². The number of pyridine rings is 1. The summed E-state index contributed by atoms with van der Waals surface area (Å²) in [6.45, 7) is 2.74. The van der Waals surface area contributed by atoms with Gasteiger partial charge in [-0.05, 0) is 43.6 Å². The molecule has 0 aliphatic carbocycles. The molecule has 1 saturated heterocycles. The summed E-state index contributed by atoms with van der Waals surface area (Å²) >= 11 is 0. The molecule has 1 atom stereocenters. The second kappa shape index (κ2) is 8.18. The Morgan fingerprint density at radius 3 is 2.59 bits per heavy atom. The zero-order valence-corrected chi connectivity index (χ0v) is 15.3. The van der Waals surface area contributed by atoms with Crippen LogP contribution in [0.2, 0.25) is 0 Å². The lowest BCUT2D eigenvalue weighted by atomic mass is 10.1. The molecule has 5 nitrogen and oxygen atoms in total. The van der Waals surface area contributed by atoms with Gasteiger partial charge in [0.1, 0.15) is 0 Å². The normalized spacial score (nSPS) is 15.6. The predicted octanol–water partition coefficient (Wildman–Crippen LogP) is 4.19. The molecular formula is C22H24N4O. The van der Waals surface area contributed by atoms with Crippen molar-refractivity contribution in [2.24, 2.45) is 0 Å². The van der Waals surface area contributed by atoms with E-state index >= 15 is 0 Å². The average Bonchev–Trinajstić information content (AvgIpc) is 3.23. The molecule has 2 amide bonds. The number of carbonyl (C=O) groups is 1. The minimum atomic E-state index is -0.202. The highest BCUT2D eigenvalue weighted by Crippen LogP contribution is 2.24. The number of likely N-dealkylation sites (tertiary alicyclic amines) is 1. The van der Waals surface area contributed by atoms with Crippen molar-refractivity contribution < 1.29 is 4.79 Å². The van der Waals surface area contributed by atoms with Crippen LogP contribution in [-0.2, 0) is 0 Å². The first-order chi connectivity index (χ1) is 13.3. The Bertz CT molecular complexity index is 906. The number of carbonyl (C=O) groups excluding carboxylic acids is 1. The van der Waals surface area contributed by atoms with Crippen molar-refractivity contribution in [1.82, 2.24) is 15.2 Å². The Hall–Kier alpha value is -2.92. The molecular weight excluding hydrogens is 336 g/mol. The van der Waals surface area contributed by atoms with Crippen molar-refractivity contribution in [2.45, 2.75) is 18.9 Å². The summed E-state index contributed by atoms with van der Waals surface area (Å²) in [5.41, 5.74) is 2.86. The highest BCUT2D eigenvalue weighted by Gasteiger charge is 2.23. The van der Waals surface area contributed by atoms with Gasteiger partial charge in [0.05, 0.1) is 23.4 Å². The summed E-state index contributed by atoms with van der Waals surface area (Å²) in [5.74, 6) is 0.